The van der Waals surface area contributed by atoms with Crippen molar-refractivity contribution in [2.24, 2.45) is 11.5 Å². The molecule has 0 unspecified atom stereocenters. The van der Waals surface area contributed by atoms with E-state index in [4.69, 9.17) is 11.5 Å². The van der Waals surface area contributed by atoms with E-state index >= 15 is 0 Å². The second-order valence-corrected chi connectivity index (χ2v) is 7.96. The van der Waals surface area contributed by atoms with E-state index < -0.39 is 17.5 Å². The van der Waals surface area contributed by atoms with Gasteiger partial charge < -0.3 is 21.3 Å². The van der Waals surface area contributed by atoms with E-state index in [0.29, 0.717) is 12.8 Å². The van der Waals surface area contributed by atoms with Crippen LogP contribution in [0.5, 0.6) is 0 Å². The van der Waals surface area contributed by atoms with E-state index in [1.54, 1.807) is 7.05 Å². The second-order valence-electron chi connectivity index (χ2n) is 7.96. The summed E-state index contributed by atoms with van der Waals surface area (Å²) in [6, 6.07) is 8.55. The minimum Gasteiger partial charge on any atom is -0.368 e. The van der Waals surface area contributed by atoms with Gasteiger partial charge in [0.15, 0.2) is 0 Å². The Labute approximate surface area is 167 Å². The zero-order valence-corrected chi connectivity index (χ0v) is 17.4. The molecule has 28 heavy (non-hydrogen) atoms. The molecule has 1 aromatic rings. The van der Waals surface area contributed by atoms with E-state index in [1.807, 2.05) is 51.1 Å². The maximum Gasteiger partial charge on any atom is 0.246 e. The van der Waals surface area contributed by atoms with E-state index in [0.717, 1.165) is 11.1 Å². The van der Waals surface area contributed by atoms with Crippen molar-refractivity contribution in [2.75, 3.05) is 20.6 Å². The Hall–Kier alpha value is -2.67. The van der Waals surface area contributed by atoms with Crippen molar-refractivity contribution in [3.63, 3.8) is 0 Å². The zero-order chi connectivity index (χ0) is 21.5. The molecule has 0 bridgehead atoms. The lowest BCUT2D eigenvalue weighted by Crippen LogP contribution is -2.50. The van der Waals surface area contributed by atoms with E-state index in [1.165, 1.54) is 22.9 Å². The fraction of sp³-hybridized carbons (Fsp3) is 0.476. The van der Waals surface area contributed by atoms with Crippen molar-refractivity contribution in [2.45, 2.75) is 45.2 Å². The highest BCUT2D eigenvalue weighted by atomic mass is 16.2. The number of rotatable bonds is 9. The predicted molar refractivity (Wildman–Crippen MR) is 110 cm³/mol. The molecule has 0 saturated carbocycles. The number of benzene rings is 1. The third kappa shape index (κ3) is 7.92. The molecular weight excluding hydrogens is 356 g/mol. The highest BCUT2D eigenvalue weighted by Gasteiger charge is 2.26. The molecule has 154 valence electrons. The molecule has 1 aromatic carbocycles. The summed E-state index contributed by atoms with van der Waals surface area (Å²) in [5.74, 6) is -1.24. The van der Waals surface area contributed by atoms with Crippen LogP contribution in [0.3, 0.4) is 0 Å². The van der Waals surface area contributed by atoms with Crippen LogP contribution in [0.2, 0.25) is 0 Å². The fourth-order valence-corrected chi connectivity index (χ4v) is 2.92. The molecule has 0 spiro atoms. The number of primary amides is 1. The normalized spacial score (nSPS) is 13.0. The van der Waals surface area contributed by atoms with Gasteiger partial charge in [-0.15, -0.1) is 0 Å². The number of carbonyl (C=O) groups is 3. The minimum atomic E-state index is -0.784. The first-order valence-electron chi connectivity index (χ1n) is 9.20. The quantitative estimate of drug-likeness (QED) is 0.617. The summed E-state index contributed by atoms with van der Waals surface area (Å²) in [5.41, 5.74) is 12.8. The lowest BCUT2D eigenvalue weighted by molar-refractivity contribution is -0.141. The molecule has 0 fully saturated rings. The van der Waals surface area contributed by atoms with Crippen LogP contribution in [0, 0.1) is 0 Å². The van der Waals surface area contributed by atoms with Gasteiger partial charge in [-0.25, -0.2) is 0 Å². The number of likely N-dealkylation sites (N-methyl/N-ethyl adjacent to an activating group) is 2. The molecule has 0 aliphatic heterocycles. The largest absolute Gasteiger partial charge is 0.368 e. The molecular formula is C21H32N4O3. The van der Waals surface area contributed by atoms with Crippen LogP contribution in [-0.4, -0.2) is 59.7 Å². The van der Waals surface area contributed by atoms with Crippen molar-refractivity contribution in [3.05, 3.63) is 47.5 Å². The summed E-state index contributed by atoms with van der Waals surface area (Å²) < 4.78 is 0. The Morgan fingerprint density at radius 2 is 1.71 bits per heavy atom. The van der Waals surface area contributed by atoms with Gasteiger partial charge in [-0.05, 0) is 32.8 Å². The Kier molecular flexibility index (Phi) is 8.37. The van der Waals surface area contributed by atoms with Gasteiger partial charge in [0.2, 0.25) is 17.7 Å². The van der Waals surface area contributed by atoms with Crippen LogP contribution >= 0.6 is 0 Å². The molecule has 0 heterocycles. The average Bonchev–Trinajstić information content (AvgIpc) is 2.57. The number of nitrogens with two attached hydrogens (primary N) is 2. The van der Waals surface area contributed by atoms with Gasteiger partial charge in [0, 0.05) is 32.1 Å². The Balaban J connectivity index is 2.76. The molecule has 3 amide bonds. The van der Waals surface area contributed by atoms with E-state index in [-0.39, 0.29) is 18.4 Å². The van der Waals surface area contributed by atoms with Crippen LogP contribution in [0.25, 0.3) is 0 Å². The van der Waals surface area contributed by atoms with Crippen molar-refractivity contribution in [1.29, 1.82) is 0 Å². The third-order valence-corrected chi connectivity index (χ3v) is 4.31. The number of carbonyl (C=O) groups excluding carboxylic acids is 3. The van der Waals surface area contributed by atoms with Gasteiger partial charge in [0.05, 0.1) is 6.54 Å². The monoisotopic (exact) mass is 388 g/mol. The maximum absolute atomic E-state index is 12.6. The molecule has 4 N–H and O–H groups in total. The third-order valence-electron chi connectivity index (χ3n) is 4.31. The first-order chi connectivity index (χ1) is 12.9. The summed E-state index contributed by atoms with van der Waals surface area (Å²) in [7, 11) is 3.07. The molecule has 1 rings (SSSR count). The van der Waals surface area contributed by atoms with Gasteiger partial charge in [0.1, 0.15) is 6.04 Å². The fourth-order valence-electron chi connectivity index (χ4n) is 2.92. The number of hydrogen-bond donors (Lipinski definition) is 2. The predicted octanol–water partition coefficient (Wildman–Crippen LogP) is 1.07. The van der Waals surface area contributed by atoms with Crippen LogP contribution in [0.15, 0.2) is 42.0 Å². The molecule has 1 atom stereocenters. The molecule has 7 nitrogen and oxygen atoms in total. The number of amides is 3. The lowest BCUT2D eigenvalue weighted by atomic mass is 9.97. The summed E-state index contributed by atoms with van der Waals surface area (Å²) in [6.45, 7) is 5.45. The first kappa shape index (κ1) is 23.4. The summed E-state index contributed by atoms with van der Waals surface area (Å²) >= 11 is 0. The van der Waals surface area contributed by atoms with Crippen molar-refractivity contribution in [1.82, 2.24) is 9.80 Å². The van der Waals surface area contributed by atoms with Crippen molar-refractivity contribution < 1.29 is 14.4 Å². The summed E-state index contributed by atoms with van der Waals surface area (Å²) in [5, 5.41) is 0. The number of nitrogens with zero attached hydrogens (tertiary/aromatic N) is 2. The average molecular weight is 389 g/mol. The highest BCUT2D eigenvalue weighted by Crippen LogP contribution is 2.13. The Morgan fingerprint density at radius 3 is 2.21 bits per heavy atom. The topological polar surface area (TPSA) is 110 Å². The standard InChI is InChI=1S/C21H32N4O3/c1-15(13-21(2,3)23)11-18(26)24(4)14-19(27)25(5)17(20(22)28)12-16-9-7-6-8-10-16/h6-11,17H,12-14,23H2,1-5H3,(H2,22,28)/b15-11+/t17-/m1/s1. The van der Waals surface area contributed by atoms with Crippen LogP contribution in [0.1, 0.15) is 32.8 Å². The Bertz CT molecular complexity index is 723. The van der Waals surface area contributed by atoms with E-state index in [9.17, 15) is 14.4 Å². The van der Waals surface area contributed by atoms with Crippen LogP contribution in [0.4, 0.5) is 0 Å². The maximum atomic E-state index is 12.6. The van der Waals surface area contributed by atoms with Crippen molar-refractivity contribution >= 4 is 17.7 Å². The smallest absolute Gasteiger partial charge is 0.246 e. The zero-order valence-electron chi connectivity index (χ0n) is 17.4. The molecule has 7 heteroatoms. The Morgan fingerprint density at radius 1 is 1.14 bits per heavy atom. The van der Waals surface area contributed by atoms with E-state index in [2.05, 4.69) is 0 Å². The highest BCUT2D eigenvalue weighted by molar-refractivity contribution is 5.93. The summed E-state index contributed by atoms with van der Waals surface area (Å²) in [6.07, 6.45) is 2.37. The van der Waals surface area contributed by atoms with Gasteiger partial charge in [0.25, 0.3) is 0 Å². The van der Waals surface area contributed by atoms with Gasteiger partial charge in [-0.2, -0.15) is 0 Å². The number of hydrogen-bond acceptors (Lipinski definition) is 4. The summed E-state index contributed by atoms with van der Waals surface area (Å²) in [4.78, 5) is 39.4. The molecule has 0 aromatic heterocycles. The van der Waals surface area contributed by atoms with Gasteiger partial charge in [-0.3, -0.25) is 14.4 Å². The van der Waals surface area contributed by atoms with Crippen LogP contribution < -0.4 is 11.5 Å². The first-order valence-corrected chi connectivity index (χ1v) is 9.20. The lowest BCUT2D eigenvalue weighted by Gasteiger charge is -2.28. The molecule has 0 aliphatic rings. The van der Waals surface area contributed by atoms with Crippen LogP contribution in [-0.2, 0) is 20.8 Å². The van der Waals surface area contributed by atoms with Crippen molar-refractivity contribution in [3.8, 4) is 0 Å². The SMILES string of the molecule is C/C(=C\C(=O)N(C)CC(=O)N(C)[C@H](Cc1ccccc1)C(N)=O)CC(C)(C)N. The minimum absolute atomic E-state index is 0.149. The van der Waals surface area contributed by atoms with Gasteiger partial charge in [-0.1, -0.05) is 35.9 Å². The molecule has 0 aliphatic carbocycles. The second kappa shape index (κ2) is 10.0. The van der Waals surface area contributed by atoms with Gasteiger partial charge >= 0.3 is 0 Å². The molecule has 0 radical (unpaired) electrons. The molecule has 0 saturated heterocycles.